The molecule has 0 aromatic heterocycles. The molecule has 3 amide bonds. The number of amides is 3. The molecule has 8 nitrogen and oxygen atoms in total. The van der Waals surface area contributed by atoms with Crippen molar-refractivity contribution in [2.24, 2.45) is 0 Å². The van der Waals surface area contributed by atoms with Crippen molar-refractivity contribution in [3.63, 3.8) is 0 Å². The minimum Gasteiger partial charge on any atom is -0.407 e. The maximum atomic E-state index is 14.0. The number of anilines is 2. The van der Waals surface area contributed by atoms with Crippen LogP contribution in [0.5, 0.6) is 5.75 Å². The third kappa shape index (κ3) is 5.48. The van der Waals surface area contributed by atoms with Gasteiger partial charge in [-0.2, -0.15) is 26.3 Å². The normalized spacial score (nSPS) is 17.4. The minimum atomic E-state index is -5.42. The smallest absolute Gasteiger partial charge is 0.407 e. The van der Waals surface area contributed by atoms with E-state index in [0.29, 0.717) is 9.80 Å². The first-order valence-electron chi connectivity index (χ1n) is 11.0. The van der Waals surface area contributed by atoms with Crippen LogP contribution < -0.4 is 14.5 Å². The van der Waals surface area contributed by atoms with E-state index in [0.717, 1.165) is 36.2 Å². The average Bonchev–Trinajstić information content (AvgIpc) is 3.16. The maximum Gasteiger partial charge on any atom is 0.420 e. The highest BCUT2D eigenvalue weighted by molar-refractivity contribution is 5.97. The number of aliphatic hydroxyl groups is 1. The van der Waals surface area contributed by atoms with Gasteiger partial charge in [0.25, 0.3) is 0 Å². The molecule has 2 aromatic rings. The second-order valence-electron chi connectivity index (χ2n) is 8.84. The molecule has 0 atom stereocenters. The number of rotatable bonds is 5. The van der Waals surface area contributed by atoms with Crippen LogP contribution in [-0.2, 0) is 17.1 Å². The van der Waals surface area contributed by atoms with Gasteiger partial charge in [0.15, 0.2) is 5.75 Å². The fourth-order valence-electron chi connectivity index (χ4n) is 3.96. The molecule has 1 N–H and O–H groups in total. The Morgan fingerprint density at radius 1 is 1.08 bits per heavy atom. The van der Waals surface area contributed by atoms with Gasteiger partial charge in [-0.25, -0.2) is 14.0 Å². The van der Waals surface area contributed by atoms with Crippen LogP contribution in [0, 0.1) is 5.82 Å². The lowest BCUT2D eigenvalue weighted by atomic mass is 10.0. The third-order valence-corrected chi connectivity index (χ3v) is 5.99. The fourth-order valence-corrected chi connectivity index (χ4v) is 3.96. The monoisotopic (exact) mass is 551 g/mol. The van der Waals surface area contributed by atoms with E-state index in [1.54, 1.807) is 0 Å². The van der Waals surface area contributed by atoms with Gasteiger partial charge in [0, 0.05) is 25.8 Å². The molecule has 2 aliphatic rings. The standard InChI is InChI=1S/C23H20F7N3O5/c1-31(15-4-2-14(24)3-5-15)20(35)38-18-16(23(28,29)30)8-13(22(25,26)27)9-17(18)33-7-6-32(19(33)34)10-21(36)11-37-12-21/h2-5,8-9,36H,6-7,10-12H2,1H3. The first-order valence-corrected chi connectivity index (χ1v) is 11.0. The molecule has 2 saturated heterocycles. The van der Waals surface area contributed by atoms with Crippen LogP contribution >= 0.6 is 0 Å². The SMILES string of the molecule is CN(C(=O)Oc1c(N2CCN(CC3(O)COC3)C2=O)cc(C(F)(F)F)cc1C(F)(F)F)c1ccc(F)cc1. The Morgan fingerprint density at radius 2 is 1.71 bits per heavy atom. The van der Waals surface area contributed by atoms with Crippen LogP contribution in [0.15, 0.2) is 36.4 Å². The molecule has 2 fully saturated rings. The van der Waals surface area contributed by atoms with Crippen molar-refractivity contribution in [1.29, 1.82) is 0 Å². The Balaban J connectivity index is 1.76. The van der Waals surface area contributed by atoms with Gasteiger partial charge in [-0.15, -0.1) is 0 Å². The quantitative estimate of drug-likeness (QED) is 0.554. The molecule has 0 saturated carbocycles. The number of carbonyl (C=O) groups excluding carboxylic acids is 2. The highest BCUT2D eigenvalue weighted by Crippen LogP contribution is 2.47. The zero-order valence-corrected chi connectivity index (χ0v) is 19.6. The second-order valence-corrected chi connectivity index (χ2v) is 8.84. The van der Waals surface area contributed by atoms with E-state index in [2.05, 4.69) is 0 Å². The second kappa shape index (κ2) is 9.62. The lowest BCUT2D eigenvalue weighted by Crippen LogP contribution is -2.57. The molecule has 4 rings (SSSR count). The van der Waals surface area contributed by atoms with Crippen LogP contribution in [0.2, 0.25) is 0 Å². The van der Waals surface area contributed by atoms with Crippen molar-refractivity contribution >= 4 is 23.5 Å². The molecule has 38 heavy (non-hydrogen) atoms. The number of nitrogens with zero attached hydrogens (tertiary/aromatic N) is 3. The summed E-state index contributed by atoms with van der Waals surface area (Å²) in [6.07, 6.45) is -12.1. The molecule has 15 heteroatoms. The molecular weight excluding hydrogens is 531 g/mol. The van der Waals surface area contributed by atoms with Gasteiger partial charge >= 0.3 is 24.5 Å². The van der Waals surface area contributed by atoms with E-state index in [1.165, 1.54) is 0 Å². The topological polar surface area (TPSA) is 82.6 Å². The lowest BCUT2D eigenvalue weighted by Gasteiger charge is -2.38. The number of β-amino-alcohol motifs (C(OH)–C–C–N with tert-alkyl or cyclic N) is 1. The number of urea groups is 1. The molecule has 2 heterocycles. The molecule has 2 aromatic carbocycles. The summed E-state index contributed by atoms with van der Waals surface area (Å²) in [5.41, 5.74) is -5.97. The summed E-state index contributed by atoms with van der Waals surface area (Å²) in [6, 6.07) is 3.29. The summed E-state index contributed by atoms with van der Waals surface area (Å²) >= 11 is 0. The van der Waals surface area contributed by atoms with Gasteiger partial charge in [-0.3, -0.25) is 9.80 Å². The number of hydrogen-bond acceptors (Lipinski definition) is 5. The van der Waals surface area contributed by atoms with Crippen LogP contribution in [0.4, 0.5) is 51.7 Å². The summed E-state index contributed by atoms with van der Waals surface area (Å²) in [6.45, 7) is -0.960. The number of benzene rings is 2. The van der Waals surface area contributed by atoms with E-state index >= 15 is 0 Å². The molecule has 0 aliphatic carbocycles. The van der Waals surface area contributed by atoms with E-state index in [4.69, 9.17) is 9.47 Å². The lowest BCUT2D eigenvalue weighted by molar-refractivity contribution is -0.182. The zero-order valence-electron chi connectivity index (χ0n) is 19.6. The molecular formula is C23H20F7N3O5. The van der Waals surface area contributed by atoms with E-state index in [1.807, 2.05) is 0 Å². The van der Waals surface area contributed by atoms with Gasteiger partial charge in [0.1, 0.15) is 17.0 Å². The van der Waals surface area contributed by atoms with Crippen molar-refractivity contribution in [2.45, 2.75) is 18.0 Å². The molecule has 0 spiro atoms. The van der Waals surface area contributed by atoms with Gasteiger partial charge in [0.05, 0.1) is 31.0 Å². The number of alkyl halides is 6. The van der Waals surface area contributed by atoms with Crippen LogP contribution in [0.25, 0.3) is 0 Å². The molecule has 2 aliphatic heterocycles. The van der Waals surface area contributed by atoms with Crippen molar-refractivity contribution in [3.05, 3.63) is 53.3 Å². The Bertz CT molecular complexity index is 1230. The Hall–Kier alpha value is -3.59. The average molecular weight is 551 g/mol. The maximum absolute atomic E-state index is 14.0. The van der Waals surface area contributed by atoms with Gasteiger partial charge < -0.3 is 19.5 Å². The summed E-state index contributed by atoms with van der Waals surface area (Å²) in [7, 11) is 1.09. The summed E-state index contributed by atoms with van der Waals surface area (Å²) in [5.74, 6) is -1.97. The van der Waals surface area contributed by atoms with Crippen LogP contribution in [-0.4, -0.2) is 67.6 Å². The summed E-state index contributed by atoms with van der Waals surface area (Å²) < 4.78 is 106. The summed E-state index contributed by atoms with van der Waals surface area (Å²) in [4.78, 5) is 28.2. The predicted molar refractivity (Wildman–Crippen MR) is 117 cm³/mol. The Morgan fingerprint density at radius 3 is 2.24 bits per heavy atom. The fraction of sp³-hybridized carbons (Fsp3) is 0.391. The Kier molecular flexibility index (Phi) is 6.95. The predicted octanol–water partition coefficient (Wildman–Crippen LogP) is 4.50. The molecule has 0 radical (unpaired) electrons. The zero-order chi connectivity index (χ0) is 28.0. The molecule has 0 unspecified atom stereocenters. The number of carbonyl (C=O) groups is 2. The van der Waals surface area contributed by atoms with Crippen molar-refractivity contribution in [2.75, 3.05) is 49.7 Å². The van der Waals surface area contributed by atoms with E-state index < -0.39 is 58.5 Å². The molecule has 0 bridgehead atoms. The van der Waals surface area contributed by atoms with Gasteiger partial charge in [0.2, 0.25) is 0 Å². The van der Waals surface area contributed by atoms with Gasteiger partial charge in [-0.05, 0) is 36.4 Å². The highest BCUT2D eigenvalue weighted by Gasteiger charge is 2.46. The first kappa shape index (κ1) is 27.4. The third-order valence-electron chi connectivity index (χ3n) is 5.99. The minimum absolute atomic E-state index is 0.0119. The van der Waals surface area contributed by atoms with Crippen LogP contribution in [0.1, 0.15) is 11.1 Å². The van der Waals surface area contributed by atoms with Crippen molar-refractivity contribution in [1.82, 2.24) is 4.90 Å². The van der Waals surface area contributed by atoms with Crippen molar-refractivity contribution in [3.8, 4) is 5.75 Å². The number of halogens is 7. The van der Waals surface area contributed by atoms with Crippen LogP contribution in [0.3, 0.4) is 0 Å². The number of hydrogen-bond donors (Lipinski definition) is 1. The Labute approximate surface area is 210 Å². The largest absolute Gasteiger partial charge is 0.420 e. The highest BCUT2D eigenvalue weighted by atomic mass is 19.4. The summed E-state index contributed by atoms with van der Waals surface area (Å²) in [5, 5.41) is 10.3. The van der Waals surface area contributed by atoms with E-state index in [-0.39, 0.29) is 50.7 Å². The van der Waals surface area contributed by atoms with E-state index in [9.17, 15) is 45.4 Å². The van der Waals surface area contributed by atoms with Crippen molar-refractivity contribution < 1.29 is 54.9 Å². The first-order chi connectivity index (χ1) is 17.6. The van der Waals surface area contributed by atoms with Gasteiger partial charge in [-0.1, -0.05) is 0 Å². The number of ether oxygens (including phenoxy) is 2. The molecule has 206 valence electrons.